The largest absolute Gasteiger partial charge is 0.451 e. The van der Waals surface area contributed by atoms with Gasteiger partial charge in [-0.25, -0.2) is 9.59 Å². The van der Waals surface area contributed by atoms with E-state index in [-0.39, 0.29) is 12.0 Å². The van der Waals surface area contributed by atoms with Crippen LogP contribution >= 0.6 is 23.5 Å². The Hall–Kier alpha value is -0.620. The number of carbonyl (C=O) groups excluding carboxylic acids is 2. The Morgan fingerprint density at radius 1 is 1.47 bits per heavy atom. The van der Waals surface area contributed by atoms with Gasteiger partial charge in [-0.3, -0.25) is 0 Å². The van der Waals surface area contributed by atoms with Crippen molar-refractivity contribution in [3.63, 3.8) is 0 Å². The number of thioether (sulfide) groups is 2. The van der Waals surface area contributed by atoms with Gasteiger partial charge in [0, 0.05) is 23.3 Å². The zero-order valence-electron chi connectivity index (χ0n) is 8.14. The van der Waals surface area contributed by atoms with E-state index < -0.39 is 11.9 Å². The van der Waals surface area contributed by atoms with Crippen LogP contribution in [0.3, 0.4) is 0 Å². The Kier molecular flexibility index (Phi) is 5.63. The lowest BCUT2D eigenvalue weighted by molar-refractivity contribution is -0.156. The van der Waals surface area contributed by atoms with Crippen molar-refractivity contribution in [1.82, 2.24) is 0 Å². The lowest BCUT2D eigenvalue weighted by atomic mass is 10.6. The molecule has 1 saturated heterocycles. The molecular weight excluding hydrogens is 236 g/mol. The van der Waals surface area contributed by atoms with E-state index >= 15 is 0 Å². The maximum Gasteiger partial charge on any atom is 0.345 e. The first-order chi connectivity index (χ1) is 7.22. The maximum atomic E-state index is 11.2. The van der Waals surface area contributed by atoms with E-state index in [0.29, 0.717) is 0 Å². The molecule has 0 amide bonds. The molecule has 15 heavy (non-hydrogen) atoms. The lowest BCUT2D eigenvalue weighted by Crippen LogP contribution is -2.24. The van der Waals surface area contributed by atoms with E-state index in [2.05, 4.69) is 11.3 Å². The normalized spacial score (nSPS) is 20.4. The Bertz CT molecular complexity index is 248. The average molecular weight is 248 g/mol. The highest BCUT2D eigenvalue weighted by molar-refractivity contribution is 8.06. The molecule has 0 aromatic rings. The molecule has 0 aromatic carbocycles. The number of carbonyl (C=O) groups is 2. The van der Waals surface area contributed by atoms with Gasteiger partial charge in [0.2, 0.25) is 0 Å². The monoisotopic (exact) mass is 248 g/mol. The summed E-state index contributed by atoms with van der Waals surface area (Å²) in [4.78, 5) is 21.8. The van der Waals surface area contributed by atoms with Crippen molar-refractivity contribution in [2.75, 3.05) is 23.9 Å². The van der Waals surface area contributed by atoms with Gasteiger partial charge in [-0.05, 0) is 0 Å². The third-order valence-corrected chi connectivity index (χ3v) is 4.12. The van der Waals surface area contributed by atoms with E-state index in [9.17, 15) is 9.59 Å². The molecule has 6 heteroatoms. The molecule has 4 nitrogen and oxygen atoms in total. The van der Waals surface area contributed by atoms with E-state index in [1.54, 1.807) is 23.5 Å². The fraction of sp³-hybridized carbons (Fsp3) is 0.556. The number of rotatable bonds is 4. The predicted octanol–water partition coefficient (Wildman–Crippen LogP) is 1.06. The highest BCUT2D eigenvalue weighted by Crippen LogP contribution is 2.24. The van der Waals surface area contributed by atoms with Gasteiger partial charge in [-0.15, -0.1) is 11.8 Å². The molecular formula is C9H12O4S2. The van der Waals surface area contributed by atoms with E-state index in [1.165, 1.54) is 0 Å². The van der Waals surface area contributed by atoms with Crippen molar-refractivity contribution in [2.45, 2.75) is 5.44 Å². The van der Waals surface area contributed by atoms with Crippen molar-refractivity contribution < 1.29 is 19.1 Å². The molecule has 1 aliphatic rings. The molecule has 1 aliphatic heterocycles. The molecule has 0 bridgehead atoms. The van der Waals surface area contributed by atoms with Crippen LogP contribution in [0.25, 0.3) is 0 Å². The van der Waals surface area contributed by atoms with Gasteiger partial charge < -0.3 is 9.47 Å². The summed E-state index contributed by atoms with van der Waals surface area (Å²) in [5.41, 5.74) is -0.112. The first kappa shape index (κ1) is 12.4. The zero-order valence-corrected chi connectivity index (χ0v) is 9.77. The third kappa shape index (κ3) is 5.13. The first-order valence-electron chi connectivity index (χ1n) is 4.40. The Morgan fingerprint density at radius 2 is 2.27 bits per heavy atom. The summed E-state index contributed by atoms with van der Waals surface area (Å²) in [6.07, 6.45) is 1.01. The molecule has 0 aliphatic carbocycles. The second kappa shape index (κ2) is 6.79. The number of hydrogen-bond donors (Lipinski definition) is 0. The molecule has 1 unspecified atom stereocenters. The fourth-order valence-corrected chi connectivity index (χ4v) is 3.30. The van der Waals surface area contributed by atoms with Crippen molar-refractivity contribution in [3.05, 3.63) is 12.7 Å². The highest BCUT2D eigenvalue weighted by atomic mass is 32.2. The van der Waals surface area contributed by atoms with Gasteiger partial charge in [0.15, 0.2) is 12.0 Å². The molecule has 0 aromatic heterocycles. The van der Waals surface area contributed by atoms with Crippen LogP contribution in [0.4, 0.5) is 0 Å². The standard InChI is InChI=1S/C9H12O4S2/c1-2-7(10)12-5-8(11)13-9-6-14-3-4-15-9/h2,9H,1,3-6H2. The van der Waals surface area contributed by atoms with Gasteiger partial charge in [-0.1, -0.05) is 6.58 Å². The minimum absolute atomic E-state index is 0.112. The topological polar surface area (TPSA) is 52.6 Å². The number of hydrogen-bond acceptors (Lipinski definition) is 6. The van der Waals surface area contributed by atoms with E-state index in [4.69, 9.17) is 4.74 Å². The Morgan fingerprint density at radius 3 is 2.87 bits per heavy atom. The van der Waals surface area contributed by atoms with Crippen LogP contribution in [0.5, 0.6) is 0 Å². The zero-order chi connectivity index (χ0) is 11.1. The molecule has 0 radical (unpaired) electrons. The lowest BCUT2D eigenvalue weighted by Gasteiger charge is -2.20. The summed E-state index contributed by atoms with van der Waals surface area (Å²) < 4.78 is 9.62. The van der Waals surface area contributed by atoms with Gasteiger partial charge >= 0.3 is 11.9 Å². The van der Waals surface area contributed by atoms with E-state index in [1.807, 2.05) is 0 Å². The molecule has 1 heterocycles. The third-order valence-electron chi connectivity index (χ3n) is 1.55. The first-order valence-corrected chi connectivity index (χ1v) is 6.60. The smallest absolute Gasteiger partial charge is 0.345 e. The van der Waals surface area contributed by atoms with E-state index in [0.717, 1.165) is 23.3 Å². The maximum absolute atomic E-state index is 11.2. The van der Waals surface area contributed by atoms with Crippen LogP contribution < -0.4 is 0 Å². The summed E-state index contributed by atoms with van der Waals surface area (Å²) in [6.45, 7) is 2.88. The molecule has 0 saturated carbocycles. The molecule has 1 rings (SSSR count). The summed E-state index contributed by atoms with van der Waals surface area (Å²) in [7, 11) is 0. The molecule has 1 fully saturated rings. The quantitative estimate of drug-likeness (QED) is 0.548. The second-order valence-electron chi connectivity index (χ2n) is 2.68. The van der Waals surface area contributed by atoms with Gasteiger partial charge in [-0.2, -0.15) is 11.8 Å². The SMILES string of the molecule is C=CC(=O)OCC(=O)OC1CSCCS1. The number of esters is 2. The van der Waals surface area contributed by atoms with Gasteiger partial charge in [0.1, 0.15) is 0 Å². The summed E-state index contributed by atoms with van der Waals surface area (Å²) in [5.74, 6) is 1.74. The van der Waals surface area contributed by atoms with Crippen LogP contribution in [-0.4, -0.2) is 41.2 Å². The molecule has 84 valence electrons. The van der Waals surface area contributed by atoms with Gasteiger partial charge in [0.25, 0.3) is 0 Å². The van der Waals surface area contributed by atoms with Crippen molar-refractivity contribution in [2.24, 2.45) is 0 Å². The van der Waals surface area contributed by atoms with Crippen molar-refractivity contribution in [3.8, 4) is 0 Å². The predicted molar refractivity (Wildman–Crippen MR) is 60.8 cm³/mol. The average Bonchev–Trinajstić information content (AvgIpc) is 2.27. The minimum atomic E-state index is -0.613. The van der Waals surface area contributed by atoms with Crippen molar-refractivity contribution >= 4 is 35.5 Å². The molecule has 0 N–H and O–H groups in total. The summed E-state index contributed by atoms with van der Waals surface area (Å²) in [5, 5.41) is 0. The molecule has 0 spiro atoms. The van der Waals surface area contributed by atoms with Crippen LogP contribution in [-0.2, 0) is 19.1 Å². The Balaban J connectivity index is 2.17. The van der Waals surface area contributed by atoms with Gasteiger partial charge in [0.05, 0.1) is 0 Å². The minimum Gasteiger partial charge on any atom is -0.451 e. The second-order valence-corrected chi connectivity index (χ2v) is 5.09. The molecule has 1 atom stereocenters. The number of ether oxygens (including phenoxy) is 2. The Labute approximate surface area is 96.8 Å². The van der Waals surface area contributed by atoms with Crippen molar-refractivity contribution in [1.29, 1.82) is 0 Å². The van der Waals surface area contributed by atoms with Crippen LogP contribution in [0.15, 0.2) is 12.7 Å². The van der Waals surface area contributed by atoms with Crippen LogP contribution in [0, 0.1) is 0 Å². The fourth-order valence-electron chi connectivity index (χ4n) is 0.904. The summed E-state index contributed by atoms with van der Waals surface area (Å²) in [6, 6.07) is 0. The highest BCUT2D eigenvalue weighted by Gasteiger charge is 2.18. The van der Waals surface area contributed by atoms with Crippen LogP contribution in [0.1, 0.15) is 0 Å². The summed E-state index contributed by atoms with van der Waals surface area (Å²) >= 11 is 3.36. The van der Waals surface area contributed by atoms with Crippen LogP contribution in [0.2, 0.25) is 0 Å².